The van der Waals surface area contributed by atoms with Gasteiger partial charge in [-0.05, 0) is 43.0 Å². The van der Waals surface area contributed by atoms with E-state index in [1.54, 1.807) is 24.5 Å². The number of aromatic nitrogens is 1. The molecule has 0 fully saturated rings. The van der Waals surface area contributed by atoms with Gasteiger partial charge >= 0.3 is 6.03 Å². The van der Waals surface area contributed by atoms with Crippen LogP contribution < -0.4 is 10.6 Å². The minimum absolute atomic E-state index is 0.0117. The van der Waals surface area contributed by atoms with Crippen molar-refractivity contribution in [3.8, 4) is 0 Å². The maximum atomic E-state index is 12.3. The summed E-state index contributed by atoms with van der Waals surface area (Å²) in [5, 5.41) is 5.92. The third kappa shape index (κ3) is 5.55. The van der Waals surface area contributed by atoms with E-state index in [9.17, 15) is 9.59 Å². The highest BCUT2D eigenvalue weighted by atomic mass is 16.2. The number of unbranched alkanes of at least 4 members (excludes halogenated alkanes) is 3. The van der Waals surface area contributed by atoms with Crippen LogP contribution in [0.2, 0.25) is 0 Å². The van der Waals surface area contributed by atoms with E-state index in [0.29, 0.717) is 31.7 Å². The standard InChI is InChI=1S/C22H28N4O2/c1-17-8-9-19-15-26(16-20(19)13-17)22(28)25-12-5-3-2-4-11-24-21(27)18-7-6-10-23-14-18/h6-10,13-14H,2-5,11-12,15-16H2,1H3,(H,24,27)(H,25,28). The van der Waals surface area contributed by atoms with E-state index in [1.165, 1.54) is 16.7 Å². The van der Waals surface area contributed by atoms with Gasteiger partial charge < -0.3 is 15.5 Å². The highest BCUT2D eigenvalue weighted by molar-refractivity contribution is 5.93. The Balaban J connectivity index is 1.23. The zero-order chi connectivity index (χ0) is 19.8. The second-order valence-corrected chi connectivity index (χ2v) is 7.27. The molecule has 148 valence electrons. The average molecular weight is 380 g/mol. The van der Waals surface area contributed by atoms with Crippen molar-refractivity contribution in [2.45, 2.75) is 45.7 Å². The number of urea groups is 1. The summed E-state index contributed by atoms with van der Waals surface area (Å²) in [6.45, 7) is 4.81. The maximum Gasteiger partial charge on any atom is 0.318 e. The second kappa shape index (κ2) is 9.88. The predicted molar refractivity (Wildman–Crippen MR) is 109 cm³/mol. The number of nitrogens with zero attached hydrogens (tertiary/aromatic N) is 2. The molecule has 0 unspecified atom stereocenters. The molecule has 2 heterocycles. The molecule has 6 heteroatoms. The summed E-state index contributed by atoms with van der Waals surface area (Å²) in [4.78, 5) is 30.0. The SMILES string of the molecule is Cc1ccc2c(c1)CN(C(=O)NCCCCCCNC(=O)c1cccnc1)C2. The molecule has 28 heavy (non-hydrogen) atoms. The monoisotopic (exact) mass is 380 g/mol. The van der Waals surface area contributed by atoms with E-state index in [-0.39, 0.29) is 11.9 Å². The lowest BCUT2D eigenvalue weighted by atomic mass is 10.1. The molecule has 6 nitrogen and oxygen atoms in total. The van der Waals surface area contributed by atoms with Gasteiger partial charge in [-0.15, -0.1) is 0 Å². The van der Waals surface area contributed by atoms with Gasteiger partial charge in [0.1, 0.15) is 0 Å². The fraction of sp³-hybridized carbons (Fsp3) is 0.409. The van der Waals surface area contributed by atoms with Crippen molar-refractivity contribution in [1.29, 1.82) is 0 Å². The Hall–Kier alpha value is -2.89. The Morgan fingerprint density at radius 2 is 1.75 bits per heavy atom. The van der Waals surface area contributed by atoms with Gasteiger partial charge in [0.2, 0.25) is 0 Å². The highest BCUT2D eigenvalue weighted by Crippen LogP contribution is 2.23. The first-order valence-electron chi connectivity index (χ1n) is 9.93. The van der Waals surface area contributed by atoms with E-state index in [2.05, 4.69) is 40.7 Å². The van der Waals surface area contributed by atoms with E-state index in [1.807, 2.05) is 4.90 Å². The predicted octanol–water partition coefficient (Wildman–Crippen LogP) is 3.41. The summed E-state index contributed by atoms with van der Waals surface area (Å²) in [6, 6.07) is 9.90. The first kappa shape index (κ1) is 19.9. The number of amides is 3. The Morgan fingerprint density at radius 3 is 2.50 bits per heavy atom. The van der Waals surface area contributed by atoms with Gasteiger partial charge in [-0.1, -0.05) is 36.6 Å². The van der Waals surface area contributed by atoms with E-state index < -0.39 is 0 Å². The van der Waals surface area contributed by atoms with Crippen molar-refractivity contribution in [1.82, 2.24) is 20.5 Å². The van der Waals surface area contributed by atoms with Crippen LogP contribution in [0.25, 0.3) is 0 Å². The van der Waals surface area contributed by atoms with E-state index in [0.717, 1.165) is 25.7 Å². The number of hydrogen-bond donors (Lipinski definition) is 2. The summed E-state index contributed by atoms with van der Waals surface area (Å²) in [5.41, 5.74) is 4.32. The van der Waals surface area contributed by atoms with Crippen LogP contribution in [0.4, 0.5) is 4.79 Å². The quantitative estimate of drug-likeness (QED) is 0.689. The van der Waals surface area contributed by atoms with Gasteiger partial charge in [0.15, 0.2) is 0 Å². The maximum absolute atomic E-state index is 12.3. The summed E-state index contributed by atoms with van der Waals surface area (Å²) in [7, 11) is 0. The number of fused-ring (bicyclic) bond motifs is 1. The van der Waals surface area contributed by atoms with Crippen LogP contribution in [-0.4, -0.2) is 34.9 Å². The highest BCUT2D eigenvalue weighted by Gasteiger charge is 2.22. The van der Waals surface area contributed by atoms with Gasteiger partial charge in [-0.3, -0.25) is 9.78 Å². The van der Waals surface area contributed by atoms with Crippen molar-refractivity contribution >= 4 is 11.9 Å². The Labute approximate surface area is 166 Å². The molecule has 0 radical (unpaired) electrons. The first-order valence-corrected chi connectivity index (χ1v) is 9.93. The van der Waals surface area contributed by atoms with Crippen LogP contribution >= 0.6 is 0 Å². The third-order valence-corrected chi connectivity index (χ3v) is 4.96. The van der Waals surface area contributed by atoms with Crippen LogP contribution in [-0.2, 0) is 13.1 Å². The molecule has 3 rings (SSSR count). The Bertz CT molecular complexity index is 807. The van der Waals surface area contributed by atoms with Crippen molar-refractivity contribution in [3.05, 3.63) is 65.0 Å². The number of benzene rings is 1. The molecule has 3 amide bonds. The summed E-state index contributed by atoms with van der Waals surface area (Å²) in [5.74, 6) is -0.0813. The number of rotatable bonds is 8. The number of carbonyl (C=O) groups excluding carboxylic acids is 2. The summed E-state index contributed by atoms with van der Waals surface area (Å²) >= 11 is 0. The number of carbonyl (C=O) groups is 2. The molecule has 0 saturated carbocycles. The lowest BCUT2D eigenvalue weighted by molar-refractivity contribution is 0.0952. The lowest BCUT2D eigenvalue weighted by Crippen LogP contribution is -2.36. The molecule has 1 aromatic heterocycles. The van der Waals surface area contributed by atoms with Gasteiger partial charge in [0.25, 0.3) is 5.91 Å². The summed E-state index contributed by atoms with van der Waals surface area (Å²) < 4.78 is 0. The molecule has 0 aliphatic carbocycles. The molecule has 1 aromatic carbocycles. The van der Waals surface area contributed by atoms with E-state index in [4.69, 9.17) is 0 Å². The van der Waals surface area contributed by atoms with Crippen LogP contribution in [0.3, 0.4) is 0 Å². The minimum Gasteiger partial charge on any atom is -0.352 e. The molecular formula is C22H28N4O2. The Kier molecular flexibility index (Phi) is 7.00. The van der Waals surface area contributed by atoms with Gasteiger partial charge in [-0.25, -0.2) is 4.79 Å². The van der Waals surface area contributed by atoms with Crippen LogP contribution in [0.15, 0.2) is 42.7 Å². The number of nitrogens with one attached hydrogen (secondary N) is 2. The fourth-order valence-corrected chi connectivity index (χ4v) is 3.38. The van der Waals surface area contributed by atoms with Crippen LogP contribution in [0.5, 0.6) is 0 Å². The largest absolute Gasteiger partial charge is 0.352 e. The minimum atomic E-state index is -0.0813. The molecule has 0 saturated heterocycles. The topological polar surface area (TPSA) is 74.3 Å². The molecule has 1 aliphatic heterocycles. The van der Waals surface area contributed by atoms with Crippen molar-refractivity contribution in [3.63, 3.8) is 0 Å². The van der Waals surface area contributed by atoms with Gasteiger partial charge in [0, 0.05) is 38.6 Å². The van der Waals surface area contributed by atoms with Gasteiger partial charge in [0.05, 0.1) is 5.56 Å². The number of hydrogen-bond acceptors (Lipinski definition) is 3. The number of pyridine rings is 1. The normalized spacial score (nSPS) is 12.5. The second-order valence-electron chi connectivity index (χ2n) is 7.27. The molecule has 2 N–H and O–H groups in total. The number of aryl methyl sites for hydroxylation is 1. The van der Waals surface area contributed by atoms with Crippen molar-refractivity contribution in [2.24, 2.45) is 0 Å². The van der Waals surface area contributed by atoms with Gasteiger partial charge in [-0.2, -0.15) is 0 Å². The fourth-order valence-electron chi connectivity index (χ4n) is 3.38. The summed E-state index contributed by atoms with van der Waals surface area (Å²) in [6.07, 6.45) is 7.15. The molecular weight excluding hydrogens is 352 g/mol. The average Bonchev–Trinajstić information content (AvgIpc) is 3.13. The zero-order valence-electron chi connectivity index (χ0n) is 16.4. The lowest BCUT2D eigenvalue weighted by Gasteiger charge is -2.16. The van der Waals surface area contributed by atoms with Crippen molar-refractivity contribution in [2.75, 3.05) is 13.1 Å². The molecule has 0 bridgehead atoms. The van der Waals surface area contributed by atoms with E-state index >= 15 is 0 Å². The molecule has 0 spiro atoms. The van der Waals surface area contributed by atoms with Crippen LogP contribution in [0.1, 0.15) is 52.7 Å². The first-order chi connectivity index (χ1) is 13.6. The molecule has 1 aliphatic rings. The third-order valence-electron chi connectivity index (χ3n) is 4.96. The van der Waals surface area contributed by atoms with Crippen molar-refractivity contribution < 1.29 is 9.59 Å². The Morgan fingerprint density at radius 1 is 1.00 bits per heavy atom. The van der Waals surface area contributed by atoms with Crippen LogP contribution in [0, 0.1) is 6.92 Å². The zero-order valence-corrected chi connectivity index (χ0v) is 16.4. The smallest absolute Gasteiger partial charge is 0.318 e. The molecule has 0 atom stereocenters. The molecule has 2 aromatic rings.